The number of unbranched alkanes of at least 4 members (excludes halogenated alkanes) is 8. The molecule has 0 atom stereocenters. The molecule has 0 aliphatic heterocycles. The molecule has 0 unspecified atom stereocenters. The fourth-order valence-corrected chi connectivity index (χ4v) is 6.09. The summed E-state index contributed by atoms with van der Waals surface area (Å²) in [5.74, 6) is -2.33. The Hall–Kier alpha value is -2.31. The fraction of sp³-hybridized carbons (Fsp3) is 0.588. The van der Waals surface area contributed by atoms with E-state index in [9.17, 15) is 14.7 Å². The van der Waals surface area contributed by atoms with Gasteiger partial charge in [-0.05, 0) is 69.6 Å². The molecule has 0 amide bonds. The molecule has 5 nitrogen and oxygen atoms in total. The zero-order valence-corrected chi connectivity index (χ0v) is 26.3. The highest BCUT2D eigenvalue weighted by Crippen LogP contribution is 2.32. The van der Waals surface area contributed by atoms with E-state index in [0.717, 1.165) is 11.8 Å². The van der Waals surface area contributed by atoms with E-state index in [0.29, 0.717) is 9.79 Å². The number of carbonyl (C=O) groups is 2. The van der Waals surface area contributed by atoms with E-state index in [1.165, 1.54) is 120 Å². The number of carbonyl (C=O) groups excluding carboxylic acids is 1. The molecule has 0 saturated carbocycles. The van der Waals surface area contributed by atoms with Crippen molar-refractivity contribution in [2.45, 2.75) is 115 Å². The van der Waals surface area contributed by atoms with E-state index >= 15 is 0 Å². The molecule has 6 heteroatoms. The summed E-state index contributed by atoms with van der Waals surface area (Å²) < 4.78 is 1.44. The molecule has 224 valence electrons. The lowest BCUT2D eigenvalue weighted by molar-refractivity contribution is -0.929. The fourth-order valence-electron chi connectivity index (χ4n) is 5.03. The van der Waals surface area contributed by atoms with Gasteiger partial charge in [-0.15, -0.1) is 0 Å². The predicted octanol–water partition coefficient (Wildman–Crippen LogP) is 8.46. The van der Waals surface area contributed by atoms with Crippen LogP contribution in [0.5, 0.6) is 0 Å². The zero-order chi connectivity index (χ0) is 29.6. The van der Waals surface area contributed by atoms with Crippen LogP contribution in [0.15, 0.2) is 58.3 Å². The average molecular weight is 572 g/mol. The molecule has 0 aliphatic rings. The number of carboxylic acids is 2. The van der Waals surface area contributed by atoms with Crippen molar-refractivity contribution in [3.63, 3.8) is 0 Å². The first-order valence-corrected chi connectivity index (χ1v) is 16.3. The van der Waals surface area contributed by atoms with Gasteiger partial charge < -0.3 is 19.5 Å². The lowest BCUT2D eigenvalue weighted by Gasteiger charge is -2.39. The Labute approximate surface area is 248 Å². The van der Waals surface area contributed by atoms with Crippen LogP contribution in [0.4, 0.5) is 0 Å². The number of benzene rings is 2. The van der Waals surface area contributed by atoms with Crippen LogP contribution in [0.25, 0.3) is 0 Å². The van der Waals surface area contributed by atoms with Crippen molar-refractivity contribution in [2.75, 3.05) is 26.2 Å². The number of hydrogen-bond acceptors (Lipinski definition) is 4. The lowest BCUT2D eigenvalue weighted by Crippen LogP contribution is -2.50. The third-order valence-corrected chi connectivity index (χ3v) is 8.54. The third-order valence-electron chi connectivity index (χ3n) is 7.39. The SMILES string of the molecule is CCCCC[N+](CCCCC)(CCCCC)CCCCC.O=C([O-])c1ccccc1Sc1ccccc1C(=O)O. The summed E-state index contributed by atoms with van der Waals surface area (Å²) in [6, 6.07) is 12.8. The van der Waals surface area contributed by atoms with E-state index in [-0.39, 0.29) is 11.1 Å². The highest BCUT2D eigenvalue weighted by molar-refractivity contribution is 7.99. The van der Waals surface area contributed by atoms with Gasteiger partial charge in [0.1, 0.15) is 0 Å². The Morgan fingerprint density at radius 3 is 1.32 bits per heavy atom. The van der Waals surface area contributed by atoms with Crippen LogP contribution in [-0.4, -0.2) is 47.7 Å². The molecule has 2 rings (SSSR count). The maximum Gasteiger partial charge on any atom is 0.336 e. The Balaban J connectivity index is 0.000000401. The first kappa shape index (κ1) is 35.7. The standard InChI is InChI=1S/C20H44N.C14H10O4S/c1-5-9-13-17-21(18-14-10-6-2,19-15-11-7-3)20-16-12-8-4;15-13(16)9-5-1-3-7-11(9)19-12-8-4-2-6-10(12)14(17)18/h5-20H2,1-4H3;1-8H,(H,15,16)(H,17,18)/q+1;/p-1. The second-order valence-electron chi connectivity index (χ2n) is 10.8. The number of aromatic carboxylic acids is 2. The Bertz CT molecular complexity index is 877. The molecule has 0 spiro atoms. The lowest BCUT2D eigenvalue weighted by atomic mass is 10.1. The van der Waals surface area contributed by atoms with E-state index in [1.807, 2.05) is 0 Å². The monoisotopic (exact) mass is 571 g/mol. The van der Waals surface area contributed by atoms with Gasteiger partial charge in [-0.25, -0.2) is 4.79 Å². The van der Waals surface area contributed by atoms with Crippen molar-refractivity contribution in [2.24, 2.45) is 0 Å². The number of nitrogens with zero attached hydrogens (tertiary/aromatic N) is 1. The Morgan fingerprint density at radius 1 is 0.625 bits per heavy atom. The van der Waals surface area contributed by atoms with Crippen LogP contribution < -0.4 is 5.11 Å². The van der Waals surface area contributed by atoms with Crippen molar-refractivity contribution in [1.29, 1.82) is 0 Å². The molecule has 0 heterocycles. The average Bonchev–Trinajstić information content (AvgIpc) is 2.94. The second-order valence-corrected chi connectivity index (χ2v) is 11.8. The van der Waals surface area contributed by atoms with Gasteiger partial charge in [0.2, 0.25) is 0 Å². The highest BCUT2D eigenvalue weighted by Gasteiger charge is 2.25. The largest absolute Gasteiger partial charge is 0.545 e. The summed E-state index contributed by atoms with van der Waals surface area (Å²) in [5, 5.41) is 20.1. The van der Waals surface area contributed by atoms with Gasteiger partial charge >= 0.3 is 5.97 Å². The maximum atomic E-state index is 11.1. The molecule has 2 aromatic carbocycles. The quantitative estimate of drug-likeness (QED) is 0.127. The van der Waals surface area contributed by atoms with Crippen LogP contribution >= 0.6 is 11.8 Å². The highest BCUT2D eigenvalue weighted by atomic mass is 32.2. The van der Waals surface area contributed by atoms with Gasteiger partial charge in [0.05, 0.1) is 37.7 Å². The normalized spacial score (nSPS) is 11.1. The summed E-state index contributed by atoms with van der Waals surface area (Å²) in [7, 11) is 0. The number of carboxylic acid groups (broad SMARTS) is 2. The summed E-state index contributed by atoms with van der Waals surface area (Å²) in [6.45, 7) is 15.1. The molecule has 2 aromatic rings. The molecule has 0 aromatic heterocycles. The van der Waals surface area contributed by atoms with Gasteiger partial charge in [0, 0.05) is 15.4 Å². The second kappa shape index (κ2) is 21.4. The molecule has 40 heavy (non-hydrogen) atoms. The summed E-state index contributed by atoms with van der Waals surface area (Å²) in [5.41, 5.74) is 0.188. The molecule has 0 bridgehead atoms. The molecule has 0 saturated heterocycles. The molecule has 0 aliphatic carbocycles. The molecule has 0 fully saturated rings. The van der Waals surface area contributed by atoms with Gasteiger partial charge in [-0.1, -0.05) is 95.5 Å². The van der Waals surface area contributed by atoms with Crippen LogP contribution in [0.3, 0.4) is 0 Å². The van der Waals surface area contributed by atoms with Crippen molar-refractivity contribution in [3.05, 3.63) is 59.7 Å². The van der Waals surface area contributed by atoms with Gasteiger partial charge in [-0.3, -0.25) is 0 Å². The van der Waals surface area contributed by atoms with Crippen molar-refractivity contribution in [3.8, 4) is 0 Å². The van der Waals surface area contributed by atoms with E-state index in [2.05, 4.69) is 27.7 Å². The summed E-state index contributed by atoms with van der Waals surface area (Å²) in [4.78, 5) is 23.0. The first-order chi connectivity index (χ1) is 19.3. The van der Waals surface area contributed by atoms with Crippen LogP contribution in [0.1, 0.15) is 125 Å². The van der Waals surface area contributed by atoms with E-state index in [1.54, 1.807) is 36.4 Å². The molecular formula is C34H53NO4S. The maximum absolute atomic E-state index is 11.1. The minimum atomic E-state index is -1.28. The molecule has 1 N–H and O–H groups in total. The number of quaternary nitrogens is 1. The Morgan fingerprint density at radius 2 is 0.975 bits per heavy atom. The zero-order valence-electron chi connectivity index (χ0n) is 25.5. The smallest absolute Gasteiger partial charge is 0.336 e. The van der Waals surface area contributed by atoms with Crippen molar-refractivity contribution >= 4 is 23.7 Å². The summed E-state index contributed by atoms with van der Waals surface area (Å²) >= 11 is 1.10. The number of rotatable bonds is 20. The summed E-state index contributed by atoms with van der Waals surface area (Å²) in [6.07, 6.45) is 16.9. The van der Waals surface area contributed by atoms with Crippen LogP contribution in [0, 0.1) is 0 Å². The third kappa shape index (κ3) is 13.8. The van der Waals surface area contributed by atoms with Crippen LogP contribution in [-0.2, 0) is 0 Å². The minimum Gasteiger partial charge on any atom is -0.545 e. The topological polar surface area (TPSA) is 77.4 Å². The van der Waals surface area contributed by atoms with E-state index < -0.39 is 11.9 Å². The van der Waals surface area contributed by atoms with Crippen molar-refractivity contribution < 1.29 is 24.3 Å². The minimum absolute atomic E-state index is 0.0488. The predicted molar refractivity (Wildman–Crippen MR) is 166 cm³/mol. The van der Waals surface area contributed by atoms with Gasteiger partial charge in [-0.2, -0.15) is 0 Å². The molecular weight excluding hydrogens is 518 g/mol. The van der Waals surface area contributed by atoms with Gasteiger partial charge in [0.15, 0.2) is 0 Å². The Kier molecular flexibility index (Phi) is 19.1. The van der Waals surface area contributed by atoms with Crippen molar-refractivity contribution in [1.82, 2.24) is 0 Å². The molecule has 0 radical (unpaired) electrons. The first-order valence-electron chi connectivity index (χ1n) is 15.5. The van der Waals surface area contributed by atoms with Gasteiger partial charge in [0.25, 0.3) is 0 Å². The van der Waals surface area contributed by atoms with Crippen LogP contribution in [0.2, 0.25) is 0 Å². The van der Waals surface area contributed by atoms with E-state index in [4.69, 9.17) is 5.11 Å². The number of hydrogen-bond donors (Lipinski definition) is 1.